The van der Waals surface area contributed by atoms with Crippen molar-refractivity contribution in [1.29, 1.82) is 0 Å². The fraction of sp³-hybridized carbons (Fsp3) is 0.185. The molecule has 0 N–H and O–H groups in total. The van der Waals surface area contributed by atoms with Crippen molar-refractivity contribution < 1.29 is 28.5 Å². The van der Waals surface area contributed by atoms with Crippen LogP contribution < -0.4 is 28.6 Å². The Balaban J connectivity index is 1.85. The molecule has 0 aromatic heterocycles. The summed E-state index contributed by atoms with van der Waals surface area (Å²) in [5, 5.41) is 0.578. The topological polar surface area (TPSA) is 78.8 Å². The molecule has 0 radical (unpaired) electrons. The molecule has 9 heteroatoms. The van der Waals surface area contributed by atoms with Crippen LogP contribution in [0.2, 0.25) is 5.02 Å². The molecule has 0 bridgehead atoms. The second-order valence-corrected chi connectivity index (χ2v) is 8.05. The van der Waals surface area contributed by atoms with E-state index in [0.717, 1.165) is 5.56 Å². The van der Waals surface area contributed by atoms with Gasteiger partial charge in [-0.3, -0.25) is 9.69 Å². The first-order valence-corrected chi connectivity index (χ1v) is 11.2. The lowest BCUT2D eigenvalue weighted by atomic mass is 10.1. The molecule has 0 saturated carbocycles. The largest absolute Gasteiger partial charge is 0.493 e. The summed E-state index contributed by atoms with van der Waals surface area (Å²) in [6.07, 6.45) is 1.67. The van der Waals surface area contributed by atoms with Crippen LogP contribution in [0.3, 0.4) is 0 Å². The number of halogens is 1. The summed E-state index contributed by atoms with van der Waals surface area (Å²) in [4.78, 5) is 19.9. The summed E-state index contributed by atoms with van der Waals surface area (Å²) in [5.41, 5.74) is 2.17. The van der Waals surface area contributed by atoms with Crippen molar-refractivity contribution in [2.45, 2.75) is 0 Å². The number of nitrogens with zero attached hydrogens (tertiary/aromatic N) is 2. The van der Waals surface area contributed by atoms with Crippen LogP contribution in [-0.2, 0) is 4.79 Å². The highest BCUT2D eigenvalue weighted by atomic mass is 35.5. The Hall–Kier alpha value is -4.17. The lowest BCUT2D eigenvalue weighted by molar-refractivity contribution is -0.113. The Bertz CT molecular complexity index is 1330. The SMILES string of the molecule is COc1ccc(N2C(=O)C(=Cc3cc(OC)c(OC)c(OC)c3)N=C2c2ccc(Cl)cc2)cc1OC. The maximum Gasteiger partial charge on any atom is 0.282 e. The molecule has 0 spiro atoms. The predicted molar refractivity (Wildman–Crippen MR) is 139 cm³/mol. The molecule has 4 rings (SSSR count). The number of carbonyl (C=O) groups excluding carboxylic acids is 1. The van der Waals surface area contributed by atoms with Gasteiger partial charge in [0.1, 0.15) is 11.5 Å². The van der Waals surface area contributed by atoms with Gasteiger partial charge in [-0.2, -0.15) is 0 Å². The number of rotatable bonds is 8. The number of amidine groups is 1. The summed E-state index contributed by atoms with van der Waals surface area (Å²) < 4.78 is 27.1. The second kappa shape index (κ2) is 10.6. The number of carbonyl (C=O) groups is 1. The number of hydrogen-bond donors (Lipinski definition) is 0. The molecule has 0 atom stereocenters. The van der Waals surface area contributed by atoms with Crippen molar-refractivity contribution in [3.05, 3.63) is 76.4 Å². The van der Waals surface area contributed by atoms with Crippen LogP contribution in [0.1, 0.15) is 11.1 Å². The molecule has 3 aromatic rings. The van der Waals surface area contributed by atoms with E-state index >= 15 is 0 Å². The minimum Gasteiger partial charge on any atom is -0.493 e. The van der Waals surface area contributed by atoms with E-state index in [2.05, 4.69) is 0 Å². The third-order valence-corrected chi connectivity index (χ3v) is 5.83. The van der Waals surface area contributed by atoms with Gasteiger partial charge in [-0.05, 0) is 60.2 Å². The number of anilines is 1. The molecule has 0 fully saturated rings. The molecule has 8 nitrogen and oxygen atoms in total. The maximum absolute atomic E-state index is 13.7. The highest BCUT2D eigenvalue weighted by Crippen LogP contribution is 2.40. The highest BCUT2D eigenvalue weighted by molar-refractivity contribution is 6.34. The molecular formula is C27H25ClN2O6. The Morgan fingerprint density at radius 1 is 0.750 bits per heavy atom. The third-order valence-electron chi connectivity index (χ3n) is 5.58. The molecule has 1 aliphatic heterocycles. The minimum atomic E-state index is -0.319. The zero-order valence-electron chi connectivity index (χ0n) is 20.5. The van der Waals surface area contributed by atoms with Crippen LogP contribution in [0.25, 0.3) is 6.08 Å². The van der Waals surface area contributed by atoms with E-state index in [0.29, 0.717) is 50.9 Å². The molecule has 0 unspecified atom stereocenters. The average Bonchev–Trinajstić information content (AvgIpc) is 3.23. The number of benzene rings is 3. The molecule has 186 valence electrons. The monoisotopic (exact) mass is 508 g/mol. The van der Waals surface area contributed by atoms with Crippen LogP contribution in [0, 0.1) is 0 Å². The summed E-state index contributed by atoms with van der Waals surface area (Å²) in [6.45, 7) is 0. The fourth-order valence-corrected chi connectivity index (χ4v) is 3.98. The number of ether oxygens (including phenoxy) is 5. The second-order valence-electron chi connectivity index (χ2n) is 7.61. The van der Waals surface area contributed by atoms with Gasteiger partial charge in [0.25, 0.3) is 5.91 Å². The fourth-order valence-electron chi connectivity index (χ4n) is 3.86. The van der Waals surface area contributed by atoms with E-state index in [4.69, 9.17) is 40.3 Å². The highest BCUT2D eigenvalue weighted by Gasteiger charge is 2.33. The van der Waals surface area contributed by atoms with Gasteiger partial charge in [0.2, 0.25) is 5.75 Å². The minimum absolute atomic E-state index is 0.226. The lowest BCUT2D eigenvalue weighted by Gasteiger charge is -2.20. The standard InChI is InChI=1S/C27H25ClN2O6/c1-32-21-11-10-19(15-22(21)33-2)30-26(17-6-8-18(28)9-7-17)29-20(27(30)31)12-16-13-23(34-3)25(36-5)24(14-16)35-4/h6-15H,1-5H3. The zero-order chi connectivity index (χ0) is 25.8. The number of amides is 1. The van der Waals surface area contributed by atoms with Crippen LogP contribution in [0.4, 0.5) is 5.69 Å². The quantitative estimate of drug-likeness (QED) is 0.388. The van der Waals surface area contributed by atoms with Crippen molar-refractivity contribution in [3.63, 3.8) is 0 Å². The summed E-state index contributed by atoms with van der Waals surface area (Å²) in [6, 6.07) is 15.8. The molecule has 0 saturated heterocycles. The van der Waals surface area contributed by atoms with E-state index in [1.165, 1.54) is 33.3 Å². The van der Waals surface area contributed by atoms with Gasteiger partial charge >= 0.3 is 0 Å². The van der Waals surface area contributed by atoms with Gasteiger partial charge < -0.3 is 23.7 Å². The normalized spacial score (nSPS) is 14.1. The average molecular weight is 509 g/mol. The lowest BCUT2D eigenvalue weighted by Crippen LogP contribution is -2.32. The van der Waals surface area contributed by atoms with Crippen LogP contribution in [0.5, 0.6) is 28.7 Å². The van der Waals surface area contributed by atoms with Gasteiger partial charge in [0.05, 0.1) is 41.2 Å². The summed E-state index contributed by atoms with van der Waals surface area (Å²) in [7, 11) is 7.69. The first-order chi connectivity index (χ1) is 17.4. The molecule has 0 aliphatic carbocycles. The number of aliphatic imine (C=N–C) groups is 1. The van der Waals surface area contributed by atoms with Crippen molar-refractivity contribution in [2.75, 3.05) is 40.4 Å². The smallest absolute Gasteiger partial charge is 0.282 e. The number of methoxy groups -OCH3 is 5. The van der Waals surface area contributed by atoms with Gasteiger partial charge in [-0.15, -0.1) is 0 Å². The first-order valence-electron chi connectivity index (χ1n) is 10.9. The Labute approximate surface area is 214 Å². The summed E-state index contributed by atoms with van der Waals surface area (Å²) >= 11 is 6.10. The van der Waals surface area contributed by atoms with Crippen molar-refractivity contribution in [1.82, 2.24) is 0 Å². The van der Waals surface area contributed by atoms with Crippen molar-refractivity contribution >= 4 is 35.1 Å². The Kier molecular flexibility index (Phi) is 7.36. The van der Waals surface area contributed by atoms with Crippen LogP contribution >= 0.6 is 11.6 Å². The van der Waals surface area contributed by atoms with E-state index in [1.807, 2.05) is 12.1 Å². The Morgan fingerprint density at radius 3 is 1.92 bits per heavy atom. The van der Waals surface area contributed by atoms with Gasteiger partial charge in [0.15, 0.2) is 23.0 Å². The van der Waals surface area contributed by atoms with Gasteiger partial charge in [-0.25, -0.2) is 4.99 Å². The zero-order valence-corrected chi connectivity index (χ0v) is 21.3. The number of hydrogen-bond acceptors (Lipinski definition) is 7. The maximum atomic E-state index is 13.7. The van der Waals surface area contributed by atoms with Crippen molar-refractivity contribution in [2.24, 2.45) is 4.99 Å². The molecule has 1 aliphatic rings. The summed E-state index contributed by atoms with van der Waals surface area (Å²) in [5.74, 6) is 2.55. The predicted octanol–water partition coefficient (Wildman–Crippen LogP) is 5.22. The molecular weight excluding hydrogens is 484 g/mol. The van der Waals surface area contributed by atoms with E-state index in [9.17, 15) is 4.79 Å². The molecule has 1 amide bonds. The molecule has 36 heavy (non-hydrogen) atoms. The third kappa shape index (κ3) is 4.67. The Morgan fingerprint density at radius 2 is 1.36 bits per heavy atom. The van der Waals surface area contributed by atoms with Crippen molar-refractivity contribution in [3.8, 4) is 28.7 Å². The van der Waals surface area contributed by atoms with E-state index in [-0.39, 0.29) is 11.6 Å². The molecule has 3 aromatic carbocycles. The van der Waals surface area contributed by atoms with Crippen LogP contribution in [0.15, 0.2) is 65.3 Å². The van der Waals surface area contributed by atoms with Crippen LogP contribution in [-0.4, -0.2) is 47.3 Å². The van der Waals surface area contributed by atoms with E-state index < -0.39 is 0 Å². The first kappa shape index (κ1) is 24.9. The van der Waals surface area contributed by atoms with E-state index in [1.54, 1.807) is 55.7 Å². The van der Waals surface area contributed by atoms with Gasteiger partial charge in [0, 0.05) is 16.7 Å². The molecule has 1 heterocycles. The van der Waals surface area contributed by atoms with Gasteiger partial charge in [-0.1, -0.05) is 11.6 Å².